The number of piperidine rings is 1. The van der Waals surface area contributed by atoms with Crippen molar-refractivity contribution in [3.8, 4) is 0 Å². The molecule has 0 unspecified atom stereocenters. The summed E-state index contributed by atoms with van der Waals surface area (Å²) in [7, 11) is 1.82. The lowest BCUT2D eigenvalue weighted by Crippen LogP contribution is -2.50. The third-order valence-corrected chi connectivity index (χ3v) is 4.80. The van der Waals surface area contributed by atoms with Crippen molar-refractivity contribution in [2.24, 2.45) is 4.99 Å². The second-order valence-electron chi connectivity index (χ2n) is 7.18. The summed E-state index contributed by atoms with van der Waals surface area (Å²) in [5.41, 5.74) is 2.06. The standard InChI is InChI=1S/C20H33N5O/c1-15(2)25-13-10-19(11-14-25)24-20(21-4)22-12-9-17-5-7-18(8-6-17)23-16(3)26/h5-8,15,19H,9-14H2,1-4H3,(H,23,26)(H2,21,22,24). The molecule has 0 atom stereocenters. The van der Waals surface area contributed by atoms with E-state index in [1.807, 2.05) is 31.3 Å². The Morgan fingerprint density at radius 3 is 2.42 bits per heavy atom. The molecule has 1 saturated heterocycles. The highest BCUT2D eigenvalue weighted by Gasteiger charge is 2.21. The van der Waals surface area contributed by atoms with Crippen LogP contribution < -0.4 is 16.0 Å². The zero-order valence-electron chi connectivity index (χ0n) is 16.5. The van der Waals surface area contributed by atoms with Crippen molar-refractivity contribution < 1.29 is 4.79 Å². The summed E-state index contributed by atoms with van der Waals surface area (Å²) in [5, 5.41) is 9.73. The number of nitrogens with one attached hydrogen (secondary N) is 3. The smallest absolute Gasteiger partial charge is 0.221 e. The lowest BCUT2D eigenvalue weighted by Gasteiger charge is -2.35. The molecule has 1 aromatic carbocycles. The average molecular weight is 360 g/mol. The maximum absolute atomic E-state index is 11.0. The molecule has 0 saturated carbocycles. The topological polar surface area (TPSA) is 68.8 Å². The van der Waals surface area contributed by atoms with Crippen LogP contribution in [0.25, 0.3) is 0 Å². The number of amides is 1. The Labute approximate surface area is 157 Å². The quantitative estimate of drug-likeness (QED) is 0.538. The number of rotatable bonds is 6. The van der Waals surface area contributed by atoms with Crippen molar-refractivity contribution in [1.82, 2.24) is 15.5 Å². The van der Waals surface area contributed by atoms with Gasteiger partial charge >= 0.3 is 0 Å². The van der Waals surface area contributed by atoms with Crippen LogP contribution in [0.3, 0.4) is 0 Å². The van der Waals surface area contributed by atoms with Gasteiger partial charge in [0.25, 0.3) is 0 Å². The number of benzene rings is 1. The van der Waals surface area contributed by atoms with Crippen LogP contribution in [0.4, 0.5) is 5.69 Å². The molecule has 1 aromatic rings. The number of hydrogen-bond donors (Lipinski definition) is 3. The average Bonchev–Trinajstić information content (AvgIpc) is 2.62. The van der Waals surface area contributed by atoms with Crippen LogP contribution in [0.15, 0.2) is 29.3 Å². The molecule has 1 aliphatic rings. The van der Waals surface area contributed by atoms with Crippen molar-refractivity contribution in [3.05, 3.63) is 29.8 Å². The minimum Gasteiger partial charge on any atom is -0.356 e. The summed E-state index contributed by atoms with van der Waals surface area (Å²) >= 11 is 0. The van der Waals surface area contributed by atoms with E-state index >= 15 is 0 Å². The van der Waals surface area contributed by atoms with E-state index in [9.17, 15) is 4.79 Å². The summed E-state index contributed by atoms with van der Waals surface area (Å²) in [5.74, 6) is 0.830. The summed E-state index contributed by atoms with van der Waals surface area (Å²) < 4.78 is 0. The first-order chi connectivity index (χ1) is 12.5. The van der Waals surface area contributed by atoms with Gasteiger partial charge in [0.05, 0.1) is 0 Å². The highest BCUT2D eigenvalue weighted by molar-refractivity contribution is 5.88. The van der Waals surface area contributed by atoms with Crippen molar-refractivity contribution in [1.29, 1.82) is 0 Å². The van der Waals surface area contributed by atoms with Crippen LogP contribution in [0, 0.1) is 0 Å². The highest BCUT2D eigenvalue weighted by atomic mass is 16.1. The van der Waals surface area contributed by atoms with Gasteiger partial charge in [-0.2, -0.15) is 0 Å². The Balaban J connectivity index is 1.71. The number of carbonyl (C=O) groups is 1. The number of anilines is 1. The van der Waals surface area contributed by atoms with Gasteiger partial charge in [0.2, 0.25) is 5.91 Å². The van der Waals surface area contributed by atoms with Crippen LogP contribution in [-0.4, -0.2) is 55.5 Å². The van der Waals surface area contributed by atoms with Gasteiger partial charge < -0.3 is 20.9 Å². The molecular weight excluding hydrogens is 326 g/mol. The largest absolute Gasteiger partial charge is 0.356 e. The monoisotopic (exact) mass is 359 g/mol. The normalized spacial score (nSPS) is 16.6. The molecule has 0 aromatic heterocycles. The van der Waals surface area contributed by atoms with E-state index in [0.29, 0.717) is 12.1 Å². The molecule has 144 valence electrons. The number of aliphatic imine (C=N–C) groups is 1. The highest BCUT2D eigenvalue weighted by Crippen LogP contribution is 2.13. The van der Waals surface area contributed by atoms with Gasteiger partial charge in [0.15, 0.2) is 5.96 Å². The van der Waals surface area contributed by atoms with Crippen LogP contribution in [-0.2, 0) is 11.2 Å². The van der Waals surface area contributed by atoms with Crippen molar-refractivity contribution >= 4 is 17.6 Å². The minimum atomic E-state index is -0.0477. The van der Waals surface area contributed by atoms with Gasteiger partial charge in [-0.3, -0.25) is 9.79 Å². The molecule has 1 heterocycles. The third kappa shape index (κ3) is 6.67. The maximum Gasteiger partial charge on any atom is 0.221 e. The lowest BCUT2D eigenvalue weighted by molar-refractivity contribution is -0.114. The van der Waals surface area contributed by atoms with Crippen molar-refractivity contribution in [2.75, 3.05) is 32.0 Å². The van der Waals surface area contributed by atoms with Gasteiger partial charge in [0, 0.05) is 51.4 Å². The van der Waals surface area contributed by atoms with Crippen LogP contribution in [0.1, 0.15) is 39.2 Å². The predicted octanol–water partition coefficient (Wildman–Crippen LogP) is 2.23. The molecule has 0 spiro atoms. The number of hydrogen-bond acceptors (Lipinski definition) is 3. The second-order valence-corrected chi connectivity index (χ2v) is 7.18. The van der Waals surface area contributed by atoms with E-state index in [2.05, 4.69) is 39.7 Å². The Kier molecular flexibility index (Phi) is 7.91. The summed E-state index contributed by atoms with van der Waals surface area (Å²) in [6.07, 6.45) is 3.22. The zero-order chi connectivity index (χ0) is 18.9. The number of guanidine groups is 1. The molecule has 1 aliphatic heterocycles. The molecule has 1 amide bonds. The molecule has 1 fully saturated rings. The van der Waals surface area contributed by atoms with Gasteiger partial charge in [-0.25, -0.2) is 0 Å². The molecule has 0 radical (unpaired) electrons. The molecule has 3 N–H and O–H groups in total. The molecule has 6 heteroatoms. The molecule has 0 aliphatic carbocycles. The Morgan fingerprint density at radius 2 is 1.88 bits per heavy atom. The molecular formula is C20H33N5O. The van der Waals surface area contributed by atoms with Gasteiger partial charge in [-0.05, 0) is 50.8 Å². The lowest BCUT2D eigenvalue weighted by atomic mass is 10.0. The van der Waals surface area contributed by atoms with Crippen LogP contribution >= 0.6 is 0 Å². The fraction of sp³-hybridized carbons (Fsp3) is 0.600. The van der Waals surface area contributed by atoms with E-state index in [1.165, 1.54) is 12.5 Å². The van der Waals surface area contributed by atoms with Crippen molar-refractivity contribution in [2.45, 2.75) is 52.1 Å². The van der Waals surface area contributed by atoms with E-state index in [0.717, 1.165) is 50.5 Å². The minimum absolute atomic E-state index is 0.0477. The molecule has 26 heavy (non-hydrogen) atoms. The first-order valence-corrected chi connectivity index (χ1v) is 9.55. The first-order valence-electron chi connectivity index (χ1n) is 9.55. The number of nitrogens with zero attached hydrogens (tertiary/aromatic N) is 2. The maximum atomic E-state index is 11.0. The van der Waals surface area contributed by atoms with Gasteiger partial charge in [0.1, 0.15) is 0 Å². The zero-order valence-corrected chi connectivity index (χ0v) is 16.5. The van der Waals surface area contributed by atoms with Crippen LogP contribution in [0.5, 0.6) is 0 Å². The van der Waals surface area contributed by atoms with Crippen molar-refractivity contribution in [3.63, 3.8) is 0 Å². The first kappa shape index (κ1) is 20.2. The number of likely N-dealkylation sites (tertiary alicyclic amines) is 1. The fourth-order valence-corrected chi connectivity index (χ4v) is 3.23. The van der Waals surface area contributed by atoms with E-state index < -0.39 is 0 Å². The van der Waals surface area contributed by atoms with E-state index in [-0.39, 0.29) is 5.91 Å². The Bertz CT molecular complexity index is 589. The van der Waals surface area contributed by atoms with E-state index in [1.54, 1.807) is 0 Å². The van der Waals surface area contributed by atoms with Crippen LogP contribution in [0.2, 0.25) is 0 Å². The van der Waals surface area contributed by atoms with Gasteiger partial charge in [-0.15, -0.1) is 0 Å². The predicted molar refractivity (Wildman–Crippen MR) is 109 cm³/mol. The van der Waals surface area contributed by atoms with Gasteiger partial charge in [-0.1, -0.05) is 12.1 Å². The summed E-state index contributed by atoms with van der Waals surface area (Å²) in [6.45, 7) is 9.15. The summed E-state index contributed by atoms with van der Waals surface area (Å²) in [4.78, 5) is 17.9. The molecule has 2 rings (SSSR count). The fourth-order valence-electron chi connectivity index (χ4n) is 3.23. The summed E-state index contributed by atoms with van der Waals surface area (Å²) in [6, 6.07) is 9.09. The third-order valence-electron chi connectivity index (χ3n) is 4.80. The molecule has 0 bridgehead atoms. The SMILES string of the molecule is CN=C(NCCc1ccc(NC(C)=O)cc1)NC1CCN(C(C)C)CC1. The second kappa shape index (κ2) is 10.2. The van der Waals surface area contributed by atoms with E-state index in [4.69, 9.17) is 0 Å². The Hall–Kier alpha value is -2.08. The molecule has 6 nitrogen and oxygen atoms in total. The number of carbonyl (C=O) groups excluding carboxylic acids is 1. The Morgan fingerprint density at radius 1 is 1.23 bits per heavy atom.